The van der Waals surface area contributed by atoms with Gasteiger partial charge in [0, 0.05) is 12.3 Å². The Kier molecular flexibility index (Phi) is 2.37. The van der Waals surface area contributed by atoms with E-state index in [2.05, 4.69) is 15.0 Å². The molecular formula is C10H11N3O2. The molecule has 2 heterocycles. The molecule has 0 amide bonds. The average Bonchev–Trinajstić information content (AvgIpc) is 2.61. The molecule has 0 unspecified atom stereocenters. The van der Waals surface area contributed by atoms with Crippen molar-refractivity contribution in [3.8, 4) is 5.75 Å². The molecule has 0 fully saturated rings. The van der Waals surface area contributed by atoms with E-state index in [9.17, 15) is 4.79 Å². The molecule has 2 aromatic rings. The third-order valence-corrected chi connectivity index (χ3v) is 1.85. The van der Waals surface area contributed by atoms with Crippen molar-refractivity contribution in [2.24, 2.45) is 0 Å². The Morgan fingerprint density at radius 2 is 2.33 bits per heavy atom. The number of nitrogens with zero attached hydrogens (tertiary/aromatic N) is 2. The Labute approximate surface area is 86.5 Å². The van der Waals surface area contributed by atoms with Gasteiger partial charge in [-0.15, -0.1) is 0 Å². The first-order valence-corrected chi connectivity index (χ1v) is 4.67. The molecule has 0 atom stereocenters. The van der Waals surface area contributed by atoms with Gasteiger partial charge in [0.2, 0.25) is 0 Å². The SMILES string of the molecule is CC(C)Oc1ccnc2nc(C=O)[nH]c12. The van der Waals surface area contributed by atoms with Crippen molar-refractivity contribution in [1.82, 2.24) is 15.0 Å². The van der Waals surface area contributed by atoms with Crippen LogP contribution in [0.2, 0.25) is 0 Å². The maximum absolute atomic E-state index is 10.5. The molecule has 0 aliphatic heterocycles. The lowest BCUT2D eigenvalue weighted by Gasteiger charge is -2.09. The van der Waals surface area contributed by atoms with E-state index in [0.29, 0.717) is 23.2 Å². The summed E-state index contributed by atoms with van der Waals surface area (Å²) in [5.41, 5.74) is 1.16. The highest BCUT2D eigenvalue weighted by atomic mass is 16.5. The van der Waals surface area contributed by atoms with Gasteiger partial charge in [-0.05, 0) is 13.8 Å². The number of aromatic nitrogens is 3. The maximum atomic E-state index is 10.5. The third-order valence-electron chi connectivity index (χ3n) is 1.85. The van der Waals surface area contributed by atoms with E-state index < -0.39 is 0 Å². The van der Waals surface area contributed by atoms with Gasteiger partial charge in [0.1, 0.15) is 11.3 Å². The summed E-state index contributed by atoms with van der Waals surface area (Å²) >= 11 is 0. The Bertz CT molecular complexity index is 490. The highest BCUT2D eigenvalue weighted by Crippen LogP contribution is 2.22. The fourth-order valence-electron chi connectivity index (χ4n) is 1.31. The molecule has 1 N–H and O–H groups in total. The van der Waals surface area contributed by atoms with E-state index in [0.717, 1.165) is 0 Å². The van der Waals surface area contributed by atoms with Crippen LogP contribution in [-0.4, -0.2) is 27.3 Å². The minimum Gasteiger partial charge on any atom is -0.489 e. The molecule has 0 spiro atoms. The van der Waals surface area contributed by atoms with Gasteiger partial charge in [0.05, 0.1) is 6.10 Å². The molecule has 0 bridgehead atoms. The number of hydrogen-bond acceptors (Lipinski definition) is 4. The highest BCUT2D eigenvalue weighted by Gasteiger charge is 2.09. The fraction of sp³-hybridized carbons (Fsp3) is 0.300. The van der Waals surface area contributed by atoms with E-state index in [4.69, 9.17) is 4.74 Å². The second-order valence-electron chi connectivity index (χ2n) is 3.41. The number of imidazole rings is 1. The quantitative estimate of drug-likeness (QED) is 0.772. The third kappa shape index (κ3) is 1.81. The lowest BCUT2D eigenvalue weighted by molar-refractivity contribution is 0.111. The average molecular weight is 205 g/mol. The van der Waals surface area contributed by atoms with Crippen LogP contribution in [0.1, 0.15) is 24.5 Å². The zero-order valence-corrected chi connectivity index (χ0v) is 8.52. The maximum Gasteiger partial charge on any atom is 0.185 e. The zero-order valence-electron chi connectivity index (χ0n) is 8.52. The van der Waals surface area contributed by atoms with Crippen LogP contribution in [0.5, 0.6) is 5.75 Å². The number of pyridine rings is 1. The van der Waals surface area contributed by atoms with E-state index in [1.54, 1.807) is 12.3 Å². The standard InChI is InChI=1S/C10H11N3O2/c1-6(2)15-7-3-4-11-10-9(7)12-8(5-14)13-10/h3-6H,1-2H3,(H,11,12,13). The summed E-state index contributed by atoms with van der Waals surface area (Å²) in [4.78, 5) is 21.4. The first-order valence-electron chi connectivity index (χ1n) is 4.67. The van der Waals surface area contributed by atoms with Gasteiger partial charge in [-0.25, -0.2) is 9.97 Å². The Hall–Kier alpha value is -1.91. The molecule has 5 nitrogen and oxygen atoms in total. The van der Waals surface area contributed by atoms with Crippen molar-refractivity contribution in [2.45, 2.75) is 20.0 Å². The van der Waals surface area contributed by atoms with Gasteiger partial charge in [-0.3, -0.25) is 4.79 Å². The number of fused-ring (bicyclic) bond motifs is 1. The number of hydrogen-bond donors (Lipinski definition) is 1. The highest BCUT2D eigenvalue weighted by molar-refractivity contribution is 5.83. The van der Waals surface area contributed by atoms with Crippen LogP contribution in [0.25, 0.3) is 11.2 Å². The van der Waals surface area contributed by atoms with Crippen molar-refractivity contribution in [1.29, 1.82) is 0 Å². The molecule has 5 heteroatoms. The summed E-state index contributed by atoms with van der Waals surface area (Å²) in [7, 11) is 0. The summed E-state index contributed by atoms with van der Waals surface area (Å²) in [6, 6.07) is 1.75. The summed E-state index contributed by atoms with van der Waals surface area (Å²) in [5, 5.41) is 0. The van der Waals surface area contributed by atoms with Gasteiger partial charge in [-0.2, -0.15) is 0 Å². The van der Waals surface area contributed by atoms with Gasteiger partial charge in [0.15, 0.2) is 17.8 Å². The molecule has 15 heavy (non-hydrogen) atoms. The number of ether oxygens (including phenoxy) is 1. The Morgan fingerprint density at radius 3 is 3.00 bits per heavy atom. The van der Waals surface area contributed by atoms with Crippen molar-refractivity contribution in [3.05, 3.63) is 18.1 Å². The molecule has 0 radical (unpaired) electrons. The van der Waals surface area contributed by atoms with E-state index in [-0.39, 0.29) is 11.9 Å². The Morgan fingerprint density at radius 1 is 1.53 bits per heavy atom. The summed E-state index contributed by atoms with van der Waals surface area (Å²) in [6.45, 7) is 3.87. The molecule has 0 aliphatic rings. The summed E-state index contributed by atoms with van der Waals surface area (Å²) in [5.74, 6) is 0.924. The van der Waals surface area contributed by atoms with Crippen LogP contribution in [0.4, 0.5) is 0 Å². The van der Waals surface area contributed by atoms with Crippen LogP contribution in [0.15, 0.2) is 12.3 Å². The van der Waals surface area contributed by atoms with Crippen LogP contribution in [0, 0.1) is 0 Å². The summed E-state index contributed by atoms with van der Waals surface area (Å²) < 4.78 is 5.56. The molecule has 0 aromatic carbocycles. The molecule has 0 saturated carbocycles. The molecule has 0 aliphatic carbocycles. The van der Waals surface area contributed by atoms with Crippen molar-refractivity contribution in [2.75, 3.05) is 0 Å². The second kappa shape index (κ2) is 3.68. The van der Waals surface area contributed by atoms with E-state index in [1.807, 2.05) is 13.8 Å². The smallest absolute Gasteiger partial charge is 0.185 e. The topological polar surface area (TPSA) is 67.9 Å². The molecular weight excluding hydrogens is 194 g/mol. The Balaban J connectivity index is 2.54. The minimum absolute atomic E-state index is 0.0681. The molecule has 2 rings (SSSR count). The first-order chi connectivity index (χ1) is 7.20. The predicted octanol–water partition coefficient (Wildman–Crippen LogP) is 1.56. The van der Waals surface area contributed by atoms with Gasteiger partial charge < -0.3 is 9.72 Å². The number of nitrogens with one attached hydrogen (secondary N) is 1. The second-order valence-corrected chi connectivity index (χ2v) is 3.41. The first kappa shape index (κ1) is 9.64. The van der Waals surface area contributed by atoms with Gasteiger partial charge in [-0.1, -0.05) is 0 Å². The number of aromatic amines is 1. The molecule has 78 valence electrons. The number of H-pyrrole nitrogens is 1. The van der Waals surface area contributed by atoms with Crippen molar-refractivity contribution >= 4 is 17.5 Å². The fourth-order valence-corrected chi connectivity index (χ4v) is 1.31. The lowest BCUT2D eigenvalue weighted by atomic mass is 10.4. The van der Waals surface area contributed by atoms with Crippen LogP contribution < -0.4 is 4.74 Å². The van der Waals surface area contributed by atoms with Crippen molar-refractivity contribution < 1.29 is 9.53 Å². The minimum atomic E-state index is 0.0681. The zero-order chi connectivity index (χ0) is 10.8. The number of aldehydes is 1. The van der Waals surface area contributed by atoms with E-state index in [1.165, 1.54) is 0 Å². The van der Waals surface area contributed by atoms with Crippen LogP contribution in [-0.2, 0) is 0 Å². The molecule has 2 aromatic heterocycles. The van der Waals surface area contributed by atoms with Crippen molar-refractivity contribution in [3.63, 3.8) is 0 Å². The van der Waals surface area contributed by atoms with Crippen LogP contribution in [0.3, 0.4) is 0 Å². The normalized spacial score (nSPS) is 10.9. The predicted molar refractivity (Wildman–Crippen MR) is 55.0 cm³/mol. The van der Waals surface area contributed by atoms with Crippen LogP contribution >= 0.6 is 0 Å². The monoisotopic (exact) mass is 205 g/mol. The van der Waals surface area contributed by atoms with Gasteiger partial charge in [0.25, 0.3) is 0 Å². The van der Waals surface area contributed by atoms with Gasteiger partial charge >= 0.3 is 0 Å². The number of rotatable bonds is 3. The number of carbonyl (C=O) groups is 1. The summed E-state index contributed by atoms with van der Waals surface area (Å²) in [6.07, 6.45) is 2.33. The largest absolute Gasteiger partial charge is 0.489 e. The lowest BCUT2D eigenvalue weighted by Crippen LogP contribution is -2.05. The number of carbonyl (C=O) groups excluding carboxylic acids is 1. The molecule has 0 saturated heterocycles. The van der Waals surface area contributed by atoms with E-state index >= 15 is 0 Å².